The molecular weight excluding hydrogens is 394 g/mol. The Morgan fingerprint density at radius 1 is 1.00 bits per heavy atom. The van der Waals surface area contributed by atoms with E-state index in [2.05, 4.69) is 10.1 Å². The number of fused-ring (bicyclic) bond motifs is 1. The van der Waals surface area contributed by atoms with Gasteiger partial charge in [-0.05, 0) is 35.0 Å². The van der Waals surface area contributed by atoms with E-state index in [4.69, 9.17) is 13.7 Å². The summed E-state index contributed by atoms with van der Waals surface area (Å²) in [6.45, 7) is 0.427. The van der Waals surface area contributed by atoms with Crippen molar-refractivity contribution in [3.05, 3.63) is 95.0 Å². The van der Waals surface area contributed by atoms with Crippen molar-refractivity contribution in [2.45, 2.75) is 6.61 Å². The van der Waals surface area contributed by atoms with E-state index >= 15 is 0 Å². The lowest BCUT2D eigenvalue weighted by molar-refractivity contribution is -0.660. The molecule has 7 nitrogen and oxygen atoms in total. The molecule has 3 heterocycles. The third-order valence-electron chi connectivity index (χ3n) is 4.90. The summed E-state index contributed by atoms with van der Waals surface area (Å²) in [5.74, 6) is 1.12. The van der Waals surface area contributed by atoms with Gasteiger partial charge in [-0.15, -0.1) is 0 Å². The quantitative estimate of drug-likeness (QED) is 0.322. The summed E-state index contributed by atoms with van der Waals surface area (Å²) >= 11 is 0. The maximum Gasteiger partial charge on any atom is 0.349 e. The molecular formula is C24H18N3O4+. The van der Waals surface area contributed by atoms with Crippen LogP contribution in [0.4, 0.5) is 0 Å². The molecule has 2 aromatic carbocycles. The summed E-state index contributed by atoms with van der Waals surface area (Å²) in [5, 5.41) is 4.73. The molecule has 3 aromatic heterocycles. The highest BCUT2D eigenvalue weighted by atomic mass is 16.5. The van der Waals surface area contributed by atoms with Gasteiger partial charge in [0.2, 0.25) is 0 Å². The number of hydrogen-bond donors (Lipinski definition) is 0. The van der Waals surface area contributed by atoms with E-state index < -0.39 is 5.63 Å². The van der Waals surface area contributed by atoms with Crippen LogP contribution < -0.4 is 14.9 Å². The van der Waals surface area contributed by atoms with Crippen LogP contribution in [0.25, 0.3) is 33.9 Å². The topological polar surface area (TPSA) is 82.2 Å². The van der Waals surface area contributed by atoms with Gasteiger partial charge in [0.05, 0.1) is 0 Å². The number of ether oxygens (including phenoxy) is 1. The zero-order valence-electron chi connectivity index (χ0n) is 16.7. The van der Waals surface area contributed by atoms with Gasteiger partial charge in [-0.3, -0.25) is 0 Å². The maximum absolute atomic E-state index is 12.6. The number of pyridine rings is 1. The molecule has 0 spiro atoms. The molecule has 0 radical (unpaired) electrons. The first kappa shape index (κ1) is 18.7. The van der Waals surface area contributed by atoms with Crippen molar-refractivity contribution < 1.29 is 18.2 Å². The van der Waals surface area contributed by atoms with Crippen LogP contribution in [0.3, 0.4) is 0 Å². The Morgan fingerprint density at radius 2 is 1.84 bits per heavy atom. The molecule has 0 bridgehead atoms. The van der Waals surface area contributed by atoms with Crippen LogP contribution in [0.2, 0.25) is 0 Å². The molecule has 0 N–H and O–H groups in total. The van der Waals surface area contributed by atoms with Crippen LogP contribution in [0.1, 0.15) is 5.56 Å². The number of rotatable bonds is 5. The first-order chi connectivity index (χ1) is 15.2. The van der Waals surface area contributed by atoms with Crippen LogP contribution in [0.15, 0.2) is 92.7 Å². The summed E-state index contributed by atoms with van der Waals surface area (Å²) < 4.78 is 18.5. The number of benzene rings is 2. The molecule has 0 saturated heterocycles. The second-order valence-electron chi connectivity index (χ2n) is 7.04. The molecule has 0 saturated carbocycles. The van der Waals surface area contributed by atoms with Crippen LogP contribution in [-0.2, 0) is 13.7 Å². The molecule has 152 valence electrons. The zero-order valence-corrected chi connectivity index (χ0v) is 16.7. The normalized spacial score (nSPS) is 11.0. The molecule has 0 unspecified atom stereocenters. The number of hydrogen-bond acceptors (Lipinski definition) is 6. The van der Waals surface area contributed by atoms with Gasteiger partial charge in [0.25, 0.3) is 17.4 Å². The van der Waals surface area contributed by atoms with Crippen molar-refractivity contribution in [3.8, 4) is 28.7 Å². The van der Waals surface area contributed by atoms with Crippen LogP contribution in [-0.4, -0.2) is 10.1 Å². The molecule has 0 aliphatic heterocycles. The van der Waals surface area contributed by atoms with Gasteiger partial charge in [-0.1, -0.05) is 30.3 Å². The monoisotopic (exact) mass is 412 g/mol. The average Bonchev–Trinajstić information content (AvgIpc) is 3.28. The van der Waals surface area contributed by atoms with Gasteiger partial charge >= 0.3 is 5.63 Å². The smallest absolute Gasteiger partial charge is 0.349 e. The minimum absolute atomic E-state index is 0.110. The predicted molar refractivity (Wildman–Crippen MR) is 113 cm³/mol. The van der Waals surface area contributed by atoms with E-state index in [-0.39, 0.29) is 11.5 Å². The second kappa shape index (κ2) is 7.87. The Labute approximate surface area is 177 Å². The van der Waals surface area contributed by atoms with Crippen molar-refractivity contribution >= 4 is 11.0 Å². The van der Waals surface area contributed by atoms with E-state index in [1.165, 1.54) is 0 Å². The Balaban J connectivity index is 1.44. The van der Waals surface area contributed by atoms with Gasteiger partial charge in [-0.25, -0.2) is 4.79 Å². The summed E-state index contributed by atoms with van der Waals surface area (Å²) in [5.41, 5.74) is 1.90. The summed E-state index contributed by atoms with van der Waals surface area (Å²) in [6.07, 6.45) is 1.88. The highest BCUT2D eigenvalue weighted by Gasteiger charge is 2.20. The fraction of sp³-hybridized carbons (Fsp3) is 0.0833. The highest BCUT2D eigenvalue weighted by molar-refractivity contribution is 5.81. The first-order valence-corrected chi connectivity index (χ1v) is 9.71. The third kappa shape index (κ3) is 3.81. The number of nitrogens with zero attached hydrogens (tertiary/aromatic N) is 3. The standard InChI is InChI=1S/C24H18N3O4/c1-27-12-6-5-9-20(27)22-25-23(31-26-22)19-13-17-10-11-18(14-21(17)30-24(19)28)29-15-16-7-3-2-4-8-16/h2-14H,15H2,1H3/q+1. The van der Waals surface area contributed by atoms with Crippen LogP contribution in [0, 0.1) is 0 Å². The van der Waals surface area contributed by atoms with Crippen molar-refractivity contribution in [1.29, 1.82) is 0 Å². The molecule has 7 heteroatoms. The summed E-state index contributed by atoms with van der Waals surface area (Å²) in [6, 6.07) is 22.6. The largest absolute Gasteiger partial charge is 0.489 e. The van der Waals surface area contributed by atoms with Gasteiger partial charge in [-0.2, -0.15) is 9.55 Å². The lowest BCUT2D eigenvalue weighted by Crippen LogP contribution is -2.30. The van der Waals surface area contributed by atoms with Crippen LogP contribution in [0.5, 0.6) is 5.75 Å². The number of aromatic nitrogens is 3. The van der Waals surface area contributed by atoms with Crippen molar-refractivity contribution in [2.75, 3.05) is 0 Å². The molecule has 0 fully saturated rings. The molecule has 5 rings (SSSR count). The number of aryl methyl sites for hydroxylation is 1. The van der Waals surface area contributed by atoms with E-state index in [9.17, 15) is 4.79 Å². The Bertz CT molecular complexity index is 1420. The van der Waals surface area contributed by atoms with Crippen molar-refractivity contribution in [1.82, 2.24) is 10.1 Å². The van der Waals surface area contributed by atoms with Gasteiger partial charge < -0.3 is 13.7 Å². The lowest BCUT2D eigenvalue weighted by Gasteiger charge is -2.07. The molecule has 0 aliphatic carbocycles. The fourth-order valence-corrected chi connectivity index (χ4v) is 3.26. The summed E-state index contributed by atoms with van der Waals surface area (Å²) in [7, 11) is 1.88. The van der Waals surface area contributed by atoms with E-state index in [0.717, 1.165) is 16.6 Å². The lowest BCUT2D eigenvalue weighted by atomic mass is 10.2. The minimum Gasteiger partial charge on any atom is -0.489 e. The average molecular weight is 412 g/mol. The molecule has 0 aliphatic rings. The van der Waals surface area contributed by atoms with Gasteiger partial charge in [0.15, 0.2) is 6.20 Å². The second-order valence-corrected chi connectivity index (χ2v) is 7.04. The van der Waals surface area contributed by atoms with Crippen molar-refractivity contribution in [3.63, 3.8) is 0 Å². The van der Waals surface area contributed by atoms with E-state index in [1.807, 2.05) is 78.5 Å². The Morgan fingerprint density at radius 3 is 2.68 bits per heavy atom. The Hall–Kier alpha value is -4.26. The maximum atomic E-state index is 12.6. The van der Waals surface area contributed by atoms with Gasteiger partial charge in [0, 0.05) is 23.6 Å². The van der Waals surface area contributed by atoms with E-state index in [1.54, 1.807) is 12.1 Å². The SMILES string of the molecule is C[n+]1ccccc1-c1noc(-c2cc3ccc(OCc4ccccc4)cc3oc2=O)n1. The van der Waals surface area contributed by atoms with Crippen molar-refractivity contribution in [2.24, 2.45) is 7.05 Å². The zero-order chi connectivity index (χ0) is 21.2. The molecule has 0 atom stereocenters. The molecule has 31 heavy (non-hydrogen) atoms. The highest BCUT2D eigenvalue weighted by Crippen LogP contribution is 2.25. The first-order valence-electron chi connectivity index (χ1n) is 9.71. The molecule has 0 amide bonds. The van der Waals surface area contributed by atoms with E-state index in [0.29, 0.717) is 23.8 Å². The van der Waals surface area contributed by atoms with Gasteiger partial charge in [0.1, 0.15) is 30.6 Å². The minimum atomic E-state index is -0.555. The van der Waals surface area contributed by atoms with Crippen LogP contribution >= 0.6 is 0 Å². The summed E-state index contributed by atoms with van der Waals surface area (Å²) in [4.78, 5) is 17.0. The third-order valence-corrected chi connectivity index (χ3v) is 4.90. The molecule has 5 aromatic rings. The fourth-order valence-electron chi connectivity index (χ4n) is 3.26. The predicted octanol–water partition coefficient (Wildman–Crippen LogP) is 3.91. The Kier molecular flexibility index (Phi) is 4.76.